The van der Waals surface area contributed by atoms with Crippen molar-refractivity contribution in [2.75, 3.05) is 34.3 Å². The second-order valence-corrected chi connectivity index (χ2v) is 6.84. The number of hydrogen-bond donors (Lipinski definition) is 1. The van der Waals surface area contributed by atoms with Crippen LogP contribution in [-0.4, -0.2) is 45.1 Å². The molecule has 4 nitrogen and oxygen atoms in total. The van der Waals surface area contributed by atoms with Crippen molar-refractivity contribution in [3.8, 4) is 5.75 Å². The molecular weight excluding hydrogens is 320 g/mol. The highest BCUT2D eigenvalue weighted by atomic mass is 79.9. The summed E-state index contributed by atoms with van der Waals surface area (Å²) >= 11 is 3.37. The lowest BCUT2D eigenvalue weighted by atomic mass is 9.93. The van der Waals surface area contributed by atoms with Crippen LogP contribution in [0.1, 0.15) is 24.2 Å². The van der Waals surface area contributed by atoms with Crippen molar-refractivity contribution < 1.29 is 9.53 Å². The number of methoxy groups -OCH3 is 1. The van der Waals surface area contributed by atoms with Gasteiger partial charge >= 0.3 is 0 Å². The first-order valence-electron chi connectivity index (χ1n) is 6.51. The fourth-order valence-electron chi connectivity index (χ4n) is 2.18. The summed E-state index contributed by atoms with van der Waals surface area (Å²) in [5.41, 5.74) is 0.568. The Hall–Kier alpha value is -1.07. The van der Waals surface area contributed by atoms with E-state index in [0.29, 0.717) is 17.9 Å². The molecule has 1 N–H and O–H groups in total. The van der Waals surface area contributed by atoms with Crippen LogP contribution >= 0.6 is 15.9 Å². The molecule has 0 unspecified atom stereocenters. The zero-order chi connectivity index (χ0) is 15.3. The highest BCUT2D eigenvalue weighted by Crippen LogP contribution is 2.23. The van der Waals surface area contributed by atoms with Gasteiger partial charge in [-0.15, -0.1) is 0 Å². The summed E-state index contributed by atoms with van der Waals surface area (Å²) in [6.45, 7) is 5.78. The summed E-state index contributed by atoms with van der Waals surface area (Å²) in [5, 5.41) is 2.98. The number of carbonyl (C=O) groups is 1. The van der Waals surface area contributed by atoms with Crippen molar-refractivity contribution in [1.82, 2.24) is 10.2 Å². The molecule has 0 fully saturated rings. The zero-order valence-electron chi connectivity index (χ0n) is 12.8. The summed E-state index contributed by atoms with van der Waals surface area (Å²) in [4.78, 5) is 14.4. The number of nitrogens with one attached hydrogen (secondary N) is 1. The first-order chi connectivity index (χ1) is 9.25. The van der Waals surface area contributed by atoms with Crippen molar-refractivity contribution >= 4 is 21.8 Å². The van der Waals surface area contributed by atoms with Gasteiger partial charge in [0.25, 0.3) is 5.91 Å². The maximum atomic E-state index is 12.2. The third kappa shape index (κ3) is 5.13. The molecule has 112 valence electrons. The summed E-state index contributed by atoms with van der Waals surface area (Å²) in [7, 11) is 5.62. The van der Waals surface area contributed by atoms with E-state index >= 15 is 0 Å². The fourth-order valence-corrected chi connectivity index (χ4v) is 2.52. The van der Waals surface area contributed by atoms with E-state index in [1.54, 1.807) is 19.2 Å². The van der Waals surface area contributed by atoms with E-state index < -0.39 is 0 Å². The van der Waals surface area contributed by atoms with Gasteiger partial charge in [-0.3, -0.25) is 4.79 Å². The van der Waals surface area contributed by atoms with Crippen molar-refractivity contribution in [3.63, 3.8) is 0 Å². The van der Waals surface area contributed by atoms with E-state index in [-0.39, 0.29) is 11.3 Å². The minimum atomic E-state index is -0.110. The average molecular weight is 343 g/mol. The molecule has 0 heterocycles. The lowest BCUT2D eigenvalue weighted by Crippen LogP contribution is -2.40. The molecule has 1 aromatic carbocycles. The smallest absolute Gasteiger partial charge is 0.255 e. The largest absolute Gasteiger partial charge is 0.496 e. The molecule has 0 bridgehead atoms. The number of nitrogens with zero attached hydrogens (tertiary/aromatic N) is 1. The number of halogens is 1. The molecule has 0 aliphatic carbocycles. The number of rotatable bonds is 6. The van der Waals surface area contributed by atoms with Crippen molar-refractivity contribution in [2.24, 2.45) is 5.41 Å². The highest BCUT2D eigenvalue weighted by Gasteiger charge is 2.21. The quantitative estimate of drug-likeness (QED) is 0.864. The first kappa shape index (κ1) is 17.0. The van der Waals surface area contributed by atoms with E-state index in [4.69, 9.17) is 4.74 Å². The van der Waals surface area contributed by atoms with Gasteiger partial charge < -0.3 is 15.0 Å². The first-order valence-corrected chi connectivity index (χ1v) is 7.31. The SMILES string of the molecule is COc1cc(Br)ccc1C(=O)NCC(C)(C)CN(C)C. The highest BCUT2D eigenvalue weighted by molar-refractivity contribution is 9.10. The van der Waals surface area contributed by atoms with Crippen LogP contribution in [0.5, 0.6) is 5.75 Å². The Morgan fingerprint density at radius 2 is 2.05 bits per heavy atom. The molecular formula is C15H23BrN2O2. The second kappa shape index (κ2) is 7.09. The maximum absolute atomic E-state index is 12.2. The standard InChI is InChI=1S/C15H23BrN2O2/c1-15(2,10-18(3)4)9-17-14(19)12-7-6-11(16)8-13(12)20-5/h6-8H,9-10H2,1-5H3,(H,17,19). The molecule has 1 amide bonds. The molecule has 0 saturated heterocycles. The maximum Gasteiger partial charge on any atom is 0.255 e. The molecule has 0 aliphatic rings. The third-order valence-electron chi connectivity index (χ3n) is 2.88. The average Bonchev–Trinajstić information content (AvgIpc) is 2.34. The topological polar surface area (TPSA) is 41.6 Å². The minimum absolute atomic E-state index is 0.0156. The number of carbonyl (C=O) groups excluding carboxylic acids is 1. The summed E-state index contributed by atoms with van der Waals surface area (Å²) in [6.07, 6.45) is 0. The minimum Gasteiger partial charge on any atom is -0.496 e. The number of amides is 1. The number of hydrogen-bond acceptors (Lipinski definition) is 3. The van der Waals surface area contributed by atoms with Crippen LogP contribution in [0.4, 0.5) is 0 Å². The second-order valence-electron chi connectivity index (χ2n) is 5.93. The van der Waals surface area contributed by atoms with E-state index in [1.807, 2.05) is 20.2 Å². The van der Waals surface area contributed by atoms with Gasteiger partial charge in [-0.1, -0.05) is 29.8 Å². The van der Waals surface area contributed by atoms with Gasteiger partial charge in [0.1, 0.15) is 5.75 Å². The van der Waals surface area contributed by atoms with Gasteiger partial charge in [-0.2, -0.15) is 0 Å². The van der Waals surface area contributed by atoms with Crippen LogP contribution in [0.3, 0.4) is 0 Å². The van der Waals surface area contributed by atoms with Crippen molar-refractivity contribution in [2.45, 2.75) is 13.8 Å². The van der Waals surface area contributed by atoms with Crippen molar-refractivity contribution in [1.29, 1.82) is 0 Å². The molecule has 1 aromatic rings. The predicted molar refractivity (Wildman–Crippen MR) is 85.4 cm³/mol. The Labute approximate surface area is 129 Å². The van der Waals surface area contributed by atoms with E-state index in [9.17, 15) is 4.79 Å². The van der Waals surface area contributed by atoms with Gasteiger partial charge in [0.15, 0.2) is 0 Å². The summed E-state index contributed by atoms with van der Waals surface area (Å²) in [6, 6.07) is 5.39. The number of ether oxygens (including phenoxy) is 1. The van der Waals surface area contributed by atoms with E-state index in [2.05, 4.69) is 40.0 Å². The summed E-state index contributed by atoms with van der Waals surface area (Å²) < 4.78 is 6.13. The Morgan fingerprint density at radius 3 is 2.60 bits per heavy atom. The molecule has 0 radical (unpaired) electrons. The monoisotopic (exact) mass is 342 g/mol. The Balaban J connectivity index is 2.72. The van der Waals surface area contributed by atoms with Crippen molar-refractivity contribution in [3.05, 3.63) is 28.2 Å². The molecule has 0 atom stereocenters. The molecule has 0 aliphatic heterocycles. The Morgan fingerprint density at radius 1 is 1.40 bits per heavy atom. The zero-order valence-corrected chi connectivity index (χ0v) is 14.4. The molecule has 5 heteroatoms. The molecule has 0 saturated carbocycles. The molecule has 20 heavy (non-hydrogen) atoms. The lowest BCUT2D eigenvalue weighted by molar-refractivity contribution is 0.0926. The Bertz CT molecular complexity index is 473. The van der Waals surface area contributed by atoms with Gasteiger partial charge in [0, 0.05) is 17.6 Å². The van der Waals surface area contributed by atoms with Crippen LogP contribution in [0.25, 0.3) is 0 Å². The van der Waals surface area contributed by atoms with Crippen LogP contribution in [-0.2, 0) is 0 Å². The van der Waals surface area contributed by atoms with Crippen LogP contribution in [0, 0.1) is 5.41 Å². The van der Waals surface area contributed by atoms with Gasteiger partial charge in [-0.25, -0.2) is 0 Å². The summed E-state index contributed by atoms with van der Waals surface area (Å²) in [5.74, 6) is 0.462. The van der Waals surface area contributed by atoms with Gasteiger partial charge in [0.05, 0.1) is 12.7 Å². The van der Waals surface area contributed by atoms with Crippen LogP contribution in [0.2, 0.25) is 0 Å². The van der Waals surface area contributed by atoms with E-state index in [1.165, 1.54) is 0 Å². The van der Waals surface area contributed by atoms with Crippen LogP contribution in [0.15, 0.2) is 22.7 Å². The van der Waals surface area contributed by atoms with Crippen LogP contribution < -0.4 is 10.1 Å². The Kier molecular flexibility index (Phi) is 6.02. The van der Waals surface area contributed by atoms with E-state index in [0.717, 1.165) is 11.0 Å². The fraction of sp³-hybridized carbons (Fsp3) is 0.533. The van der Waals surface area contributed by atoms with Gasteiger partial charge in [-0.05, 0) is 37.7 Å². The van der Waals surface area contributed by atoms with Gasteiger partial charge in [0.2, 0.25) is 0 Å². The lowest BCUT2D eigenvalue weighted by Gasteiger charge is -2.28. The normalized spacial score (nSPS) is 11.6. The molecule has 1 rings (SSSR count). The number of benzene rings is 1. The molecule has 0 spiro atoms. The molecule has 0 aromatic heterocycles. The third-order valence-corrected chi connectivity index (χ3v) is 3.37. The predicted octanol–water partition coefficient (Wildman–Crippen LogP) is 2.78.